The van der Waals surface area contributed by atoms with Crippen LogP contribution in [0.4, 0.5) is 13.2 Å². The van der Waals surface area contributed by atoms with Gasteiger partial charge in [-0.3, -0.25) is 4.79 Å². The Morgan fingerprint density at radius 2 is 1.93 bits per heavy atom. The molecule has 0 aliphatic heterocycles. The van der Waals surface area contributed by atoms with Crippen LogP contribution in [0.15, 0.2) is 72.4 Å². The second kappa shape index (κ2) is 8.81. The third-order valence-corrected chi connectivity index (χ3v) is 4.26. The number of ether oxygens (including phenoxy) is 1. The fourth-order valence-corrected chi connectivity index (χ4v) is 2.58. The van der Waals surface area contributed by atoms with Crippen molar-refractivity contribution in [1.29, 1.82) is 0 Å². The summed E-state index contributed by atoms with van der Waals surface area (Å²) in [6, 6.07) is 11.8. The van der Waals surface area contributed by atoms with Crippen LogP contribution in [0, 0.1) is 0 Å². The van der Waals surface area contributed by atoms with E-state index in [1.807, 2.05) is 35.0 Å². The number of rotatable bonds is 6. The molecule has 0 saturated carbocycles. The van der Waals surface area contributed by atoms with Crippen molar-refractivity contribution in [2.24, 2.45) is 5.10 Å². The summed E-state index contributed by atoms with van der Waals surface area (Å²) in [6.07, 6.45) is -0.337. The van der Waals surface area contributed by atoms with Crippen molar-refractivity contribution in [3.05, 3.63) is 78.4 Å². The first-order valence-electron chi connectivity index (χ1n) is 9.01. The summed E-state index contributed by atoms with van der Waals surface area (Å²) in [5.41, 5.74) is 3.81. The molecule has 30 heavy (non-hydrogen) atoms. The quantitative estimate of drug-likeness (QED) is 0.484. The average Bonchev–Trinajstić information content (AvgIpc) is 3.26. The molecule has 2 aromatic carbocycles. The predicted octanol–water partition coefficient (Wildman–Crippen LogP) is 4.20. The fourth-order valence-electron chi connectivity index (χ4n) is 2.58. The van der Waals surface area contributed by atoms with Crippen LogP contribution >= 0.6 is 0 Å². The molecule has 0 bridgehead atoms. The normalized spacial score (nSPS) is 13.0. The Labute approximate surface area is 171 Å². The van der Waals surface area contributed by atoms with Crippen molar-refractivity contribution >= 4 is 11.6 Å². The molecule has 1 N–H and O–H groups in total. The van der Waals surface area contributed by atoms with E-state index in [0.717, 1.165) is 23.4 Å². The number of hydrogen-bond donors (Lipinski definition) is 1. The molecule has 1 atom stereocenters. The van der Waals surface area contributed by atoms with Crippen molar-refractivity contribution < 1.29 is 22.7 Å². The maximum atomic E-state index is 12.8. The maximum Gasteiger partial charge on any atom is 0.416 e. The SMILES string of the molecule is C/C(=N/NC(=O)[C@H](C)Oc1cccc(C(F)(F)F)c1)c1ccc(-n2ccnc2)cc1. The minimum Gasteiger partial charge on any atom is -0.481 e. The summed E-state index contributed by atoms with van der Waals surface area (Å²) in [7, 11) is 0. The number of carbonyl (C=O) groups excluding carboxylic acids is 1. The topological polar surface area (TPSA) is 68.5 Å². The number of nitrogens with one attached hydrogen (secondary N) is 1. The molecule has 1 aromatic heterocycles. The van der Waals surface area contributed by atoms with Crippen LogP contribution < -0.4 is 10.2 Å². The van der Waals surface area contributed by atoms with E-state index in [1.54, 1.807) is 19.4 Å². The smallest absolute Gasteiger partial charge is 0.416 e. The standard InChI is InChI=1S/C21H19F3N4O2/c1-14(16-6-8-18(9-7-16)28-11-10-25-13-28)26-27-20(29)15(2)30-19-5-3-4-17(12-19)21(22,23)24/h3-13,15H,1-2H3,(H,27,29)/b26-14-/t15-/m0/s1. The van der Waals surface area contributed by atoms with Crippen molar-refractivity contribution in [3.63, 3.8) is 0 Å². The third kappa shape index (κ3) is 5.25. The highest BCUT2D eigenvalue weighted by Crippen LogP contribution is 2.31. The van der Waals surface area contributed by atoms with Crippen molar-refractivity contribution in [1.82, 2.24) is 15.0 Å². The number of nitrogens with zero attached hydrogens (tertiary/aromatic N) is 3. The van der Waals surface area contributed by atoms with E-state index < -0.39 is 23.8 Å². The highest BCUT2D eigenvalue weighted by Gasteiger charge is 2.30. The van der Waals surface area contributed by atoms with Gasteiger partial charge in [-0.2, -0.15) is 18.3 Å². The number of imidazole rings is 1. The van der Waals surface area contributed by atoms with Crippen LogP contribution in [-0.2, 0) is 11.0 Å². The molecule has 3 aromatic rings. The van der Waals surface area contributed by atoms with Crippen LogP contribution in [0.1, 0.15) is 25.0 Å². The highest BCUT2D eigenvalue weighted by atomic mass is 19.4. The summed E-state index contributed by atoms with van der Waals surface area (Å²) in [5.74, 6) is -0.634. The van der Waals surface area contributed by atoms with Crippen LogP contribution in [0.5, 0.6) is 5.75 Å². The number of halogens is 3. The summed E-state index contributed by atoms with van der Waals surface area (Å²) in [5, 5.41) is 4.04. The lowest BCUT2D eigenvalue weighted by molar-refractivity contribution is -0.137. The Bertz CT molecular complexity index is 1030. The van der Waals surface area contributed by atoms with Gasteiger partial charge in [0, 0.05) is 18.1 Å². The second-order valence-electron chi connectivity index (χ2n) is 6.48. The first-order chi connectivity index (χ1) is 14.2. The summed E-state index contributed by atoms with van der Waals surface area (Å²) >= 11 is 0. The van der Waals surface area contributed by atoms with Gasteiger partial charge in [0.2, 0.25) is 0 Å². The van der Waals surface area contributed by atoms with E-state index in [1.165, 1.54) is 19.1 Å². The Kier molecular flexibility index (Phi) is 6.20. The Morgan fingerprint density at radius 3 is 2.57 bits per heavy atom. The first kappa shape index (κ1) is 21.1. The minimum atomic E-state index is -4.49. The molecule has 0 radical (unpaired) electrons. The zero-order valence-corrected chi connectivity index (χ0v) is 16.2. The number of benzene rings is 2. The summed E-state index contributed by atoms with van der Waals surface area (Å²) < 4.78 is 45.5. The number of aromatic nitrogens is 2. The van der Waals surface area contributed by atoms with Gasteiger partial charge in [-0.05, 0) is 49.7 Å². The Hall–Kier alpha value is -3.62. The van der Waals surface area contributed by atoms with Gasteiger partial charge in [0.15, 0.2) is 6.10 Å². The molecular formula is C21H19F3N4O2. The molecule has 1 heterocycles. The monoisotopic (exact) mass is 416 g/mol. The van der Waals surface area contributed by atoms with E-state index in [2.05, 4.69) is 15.5 Å². The molecule has 0 fully saturated rings. The van der Waals surface area contributed by atoms with Crippen molar-refractivity contribution in [2.75, 3.05) is 0 Å². The zero-order valence-electron chi connectivity index (χ0n) is 16.2. The van der Waals surface area contributed by atoms with Gasteiger partial charge in [0.1, 0.15) is 5.75 Å². The molecule has 1 amide bonds. The van der Waals surface area contributed by atoms with E-state index in [-0.39, 0.29) is 5.75 Å². The Morgan fingerprint density at radius 1 is 1.20 bits per heavy atom. The van der Waals surface area contributed by atoms with Gasteiger partial charge in [-0.1, -0.05) is 18.2 Å². The van der Waals surface area contributed by atoms with Crippen molar-refractivity contribution in [2.45, 2.75) is 26.1 Å². The lowest BCUT2D eigenvalue weighted by Crippen LogP contribution is -2.34. The van der Waals surface area contributed by atoms with E-state index in [9.17, 15) is 18.0 Å². The minimum absolute atomic E-state index is 0.0525. The van der Waals surface area contributed by atoms with Gasteiger partial charge in [0.25, 0.3) is 5.91 Å². The number of hydrogen-bond acceptors (Lipinski definition) is 4. The molecule has 6 nitrogen and oxygen atoms in total. The molecule has 0 spiro atoms. The highest BCUT2D eigenvalue weighted by molar-refractivity contribution is 5.99. The lowest BCUT2D eigenvalue weighted by atomic mass is 10.1. The molecule has 0 unspecified atom stereocenters. The second-order valence-corrected chi connectivity index (χ2v) is 6.48. The number of carbonyl (C=O) groups is 1. The molecule has 156 valence electrons. The van der Waals surface area contributed by atoms with Crippen LogP contribution in [0.2, 0.25) is 0 Å². The van der Waals surface area contributed by atoms with Gasteiger partial charge in [-0.25, -0.2) is 10.4 Å². The third-order valence-electron chi connectivity index (χ3n) is 4.26. The van der Waals surface area contributed by atoms with Crippen LogP contribution in [0.25, 0.3) is 5.69 Å². The molecule has 0 aliphatic rings. The molecule has 0 aliphatic carbocycles. The summed E-state index contributed by atoms with van der Waals surface area (Å²) in [6.45, 7) is 3.16. The lowest BCUT2D eigenvalue weighted by Gasteiger charge is -2.15. The van der Waals surface area contributed by atoms with Gasteiger partial charge >= 0.3 is 6.18 Å². The predicted molar refractivity (Wildman–Crippen MR) is 105 cm³/mol. The molecule has 0 saturated heterocycles. The van der Waals surface area contributed by atoms with Crippen LogP contribution in [0.3, 0.4) is 0 Å². The largest absolute Gasteiger partial charge is 0.481 e. The molecular weight excluding hydrogens is 397 g/mol. The van der Waals surface area contributed by atoms with E-state index >= 15 is 0 Å². The zero-order chi connectivity index (χ0) is 21.7. The average molecular weight is 416 g/mol. The number of hydrazone groups is 1. The Balaban J connectivity index is 1.60. The summed E-state index contributed by atoms with van der Waals surface area (Å²) in [4.78, 5) is 16.2. The van der Waals surface area contributed by atoms with E-state index in [4.69, 9.17) is 4.74 Å². The number of amides is 1. The molecule has 3 rings (SSSR count). The molecule has 9 heteroatoms. The van der Waals surface area contributed by atoms with Crippen LogP contribution in [-0.4, -0.2) is 27.3 Å². The van der Waals surface area contributed by atoms with Crippen molar-refractivity contribution in [3.8, 4) is 11.4 Å². The van der Waals surface area contributed by atoms with Gasteiger partial charge < -0.3 is 9.30 Å². The van der Waals surface area contributed by atoms with Gasteiger partial charge in [-0.15, -0.1) is 0 Å². The van der Waals surface area contributed by atoms with Gasteiger partial charge in [0.05, 0.1) is 17.6 Å². The maximum absolute atomic E-state index is 12.8. The number of alkyl halides is 3. The van der Waals surface area contributed by atoms with E-state index in [0.29, 0.717) is 5.71 Å². The first-order valence-corrected chi connectivity index (χ1v) is 9.01. The fraction of sp³-hybridized carbons (Fsp3) is 0.190.